The van der Waals surface area contributed by atoms with Gasteiger partial charge in [0.2, 0.25) is 5.91 Å². The third kappa shape index (κ3) is 3.87. The fraction of sp³-hybridized carbons (Fsp3) is 0.417. The predicted molar refractivity (Wildman–Crippen MR) is 66.7 cm³/mol. The lowest BCUT2D eigenvalue weighted by Crippen LogP contribution is -2.29. The number of hydrogen-bond donors (Lipinski definition) is 1. The Balaban J connectivity index is 2.58. The molecule has 1 aromatic carbocycles. The molecule has 1 amide bonds. The summed E-state index contributed by atoms with van der Waals surface area (Å²) in [6, 6.07) is 8.18. The molecule has 0 unspecified atom stereocenters. The summed E-state index contributed by atoms with van der Waals surface area (Å²) in [7, 11) is 1.51. The molecule has 0 saturated carbocycles. The van der Waals surface area contributed by atoms with Crippen LogP contribution in [0.25, 0.3) is 0 Å². The highest BCUT2D eigenvalue weighted by Crippen LogP contribution is 2.18. The summed E-state index contributed by atoms with van der Waals surface area (Å²) in [5.74, 6) is -0.0936. The largest absolute Gasteiger partial charge is 0.375 e. The first-order valence-electron chi connectivity index (χ1n) is 5.09. The van der Waals surface area contributed by atoms with Gasteiger partial charge >= 0.3 is 0 Å². The van der Waals surface area contributed by atoms with Gasteiger partial charge in [-0.1, -0.05) is 12.1 Å². The van der Waals surface area contributed by atoms with E-state index in [2.05, 4.69) is 17.4 Å². The van der Waals surface area contributed by atoms with E-state index in [4.69, 9.17) is 4.74 Å². The Morgan fingerprint density at radius 1 is 1.44 bits per heavy atom. The SMILES string of the molecule is COCC(=O)N[C@H](C)c1ccc(SC)cc1. The number of amides is 1. The van der Waals surface area contributed by atoms with E-state index in [1.807, 2.05) is 25.3 Å². The Bertz CT molecular complexity index is 337. The minimum atomic E-state index is -0.0936. The lowest BCUT2D eigenvalue weighted by Gasteiger charge is -2.14. The fourth-order valence-corrected chi connectivity index (χ4v) is 1.80. The van der Waals surface area contributed by atoms with Gasteiger partial charge in [0.25, 0.3) is 0 Å². The Labute approximate surface area is 101 Å². The molecule has 16 heavy (non-hydrogen) atoms. The van der Waals surface area contributed by atoms with Crippen molar-refractivity contribution in [3.05, 3.63) is 29.8 Å². The third-order valence-electron chi connectivity index (χ3n) is 2.27. The van der Waals surface area contributed by atoms with E-state index >= 15 is 0 Å². The zero-order chi connectivity index (χ0) is 12.0. The van der Waals surface area contributed by atoms with Gasteiger partial charge in [0.1, 0.15) is 6.61 Å². The van der Waals surface area contributed by atoms with Gasteiger partial charge in [0, 0.05) is 12.0 Å². The fourth-order valence-electron chi connectivity index (χ4n) is 1.39. The Kier molecular flexibility index (Phi) is 5.35. The van der Waals surface area contributed by atoms with Gasteiger partial charge in [0.15, 0.2) is 0 Å². The zero-order valence-corrected chi connectivity index (χ0v) is 10.6. The number of rotatable bonds is 5. The normalized spacial score (nSPS) is 12.2. The summed E-state index contributed by atoms with van der Waals surface area (Å²) in [5.41, 5.74) is 1.10. The number of nitrogens with one attached hydrogen (secondary N) is 1. The molecule has 0 heterocycles. The lowest BCUT2D eigenvalue weighted by molar-refractivity contribution is -0.125. The van der Waals surface area contributed by atoms with Crippen LogP contribution in [0.2, 0.25) is 0 Å². The molecule has 1 rings (SSSR count). The van der Waals surface area contributed by atoms with Crippen molar-refractivity contribution in [3.63, 3.8) is 0 Å². The van der Waals surface area contributed by atoms with Crippen molar-refractivity contribution >= 4 is 17.7 Å². The van der Waals surface area contributed by atoms with Gasteiger partial charge in [0.05, 0.1) is 6.04 Å². The first-order chi connectivity index (χ1) is 7.67. The van der Waals surface area contributed by atoms with Crippen LogP contribution in [-0.2, 0) is 9.53 Å². The molecule has 0 bridgehead atoms. The van der Waals surface area contributed by atoms with Crippen molar-refractivity contribution in [2.24, 2.45) is 0 Å². The second kappa shape index (κ2) is 6.55. The van der Waals surface area contributed by atoms with Gasteiger partial charge in [-0.25, -0.2) is 0 Å². The lowest BCUT2D eigenvalue weighted by atomic mass is 10.1. The van der Waals surface area contributed by atoms with Crippen LogP contribution in [0.15, 0.2) is 29.2 Å². The summed E-state index contributed by atoms with van der Waals surface area (Å²) in [6.07, 6.45) is 2.04. The topological polar surface area (TPSA) is 38.3 Å². The molecule has 1 N–H and O–H groups in total. The molecule has 1 aromatic rings. The highest BCUT2D eigenvalue weighted by atomic mass is 32.2. The van der Waals surface area contributed by atoms with Crippen molar-refractivity contribution in [1.82, 2.24) is 5.32 Å². The number of ether oxygens (including phenoxy) is 1. The van der Waals surface area contributed by atoms with Crippen molar-refractivity contribution < 1.29 is 9.53 Å². The molecule has 88 valence electrons. The van der Waals surface area contributed by atoms with Crippen LogP contribution in [0.5, 0.6) is 0 Å². The van der Waals surface area contributed by atoms with Gasteiger partial charge in [-0.15, -0.1) is 11.8 Å². The highest BCUT2D eigenvalue weighted by molar-refractivity contribution is 7.98. The first-order valence-corrected chi connectivity index (χ1v) is 6.32. The van der Waals surface area contributed by atoms with Crippen LogP contribution in [0, 0.1) is 0 Å². The molecule has 0 radical (unpaired) electrons. The average molecular weight is 239 g/mol. The Hall–Kier alpha value is -1.00. The molecule has 0 saturated heterocycles. The van der Waals surface area contributed by atoms with Crippen LogP contribution in [0.3, 0.4) is 0 Å². The summed E-state index contributed by atoms with van der Waals surface area (Å²) < 4.78 is 4.76. The molecule has 0 spiro atoms. The number of thioether (sulfide) groups is 1. The minimum Gasteiger partial charge on any atom is -0.375 e. The predicted octanol–water partition coefficient (Wildman–Crippen LogP) is 2.23. The van der Waals surface area contributed by atoms with E-state index in [1.165, 1.54) is 12.0 Å². The summed E-state index contributed by atoms with van der Waals surface area (Å²) in [5, 5.41) is 2.86. The van der Waals surface area contributed by atoms with Crippen molar-refractivity contribution in [2.45, 2.75) is 17.9 Å². The van der Waals surface area contributed by atoms with E-state index in [-0.39, 0.29) is 18.6 Å². The number of carbonyl (C=O) groups is 1. The van der Waals surface area contributed by atoms with Crippen molar-refractivity contribution in [1.29, 1.82) is 0 Å². The maximum absolute atomic E-state index is 11.3. The van der Waals surface area contributed by atoms with Crippen molar-refractivity contribution in [3.8, 4) is 0 Å². The average Bonchev–Trinajstić information content (AvgIpc) is 2.29. The van der Waals surface area contributed by atoms with E-state index < -0.39 is 0 Å². The van der Waals surface area contributed by atoms with Crippen LogP contribution in [-0.4, -0.2) is 25.9 Å². The van der Waals surface area contributed by atoms with Crippen LogP contribution in [0.1, 0.15) is 18.5 Å². The molecule has 0 aromatic heterocycles. The van der Waals surface area contributed by atoms with E-state index in [1.54, 1.807) is 11.8 Å². The molecule has 0 aliphatic rings. The highest BCUT2D eigenvalue weighted by Gasteiger charge is 2.08. The summed E-state index contributed by atoms with van der Waals surface area (Å²) in [4.78, 5) is 12.5. The van der Waals surface area contributed by atoms with Crippen LogP contribution < -0.4 is 5.32 Å². The first kappa shape index (κ1) is 13.1. The molecule has 0 fully saturated rings. The molecular formula is C12H17NO2S. The maximum Gasteiger partial charge on any atom is 0.246 e. The second-order valence-electron chi connectivity index (χ2n) is 3.50. The molecular weight excluding hydrogens is 222 g/mol. The second-order valence-corrected chi connectivity index (χ2v) is 4.38. The minimum absolute atomic E-state index is 0.0126. The van der Waals surface area contributed by atoms with Gasteiger partial charge < -0.3 is 10.1 Å². The smallest absolute Gasteiger partial charge is 0.246 e. The van der Waals surface area contributed by atoms with Crippen LogP contribution in [0.4, 0.5) is 0 Å². The number of carbonyl (C=O) groups excluding carboxylic acids is 1. The van der Waals surface area contributed by atoms with E-state index in [9.17, 15) is 4.79 Å². The number of methoxy groups -OCH3 is 1. The summed E-state index contributed by atoms with van der Waals surface area (Å²) in [6.45, 7) is 2.06. The Morgan fingerprint density at radius 2 is 2.06 bits per heavy atom. The van der Waals surface area contributed by atoms with Gasteiger partial charge in [-0.05, 0) is 30.9 Å². The van der Waals surface area contributed by atoms with Crippen LogP contribution >= 0.6 is 11.8 Å². The van der Waals surface area contributed by atoms with E-state index in [0.717, 1.165) is 5.56 Å². The molecule has 0 aliphatic heterocycles. The number of hydrogen-bond acceptors (Lipinski definition) is 3. The van der Waals surface area contributed by atoms with Gasteiger partial charge in [-0.2, -0.15) is 0 Å². The van der Waals surface area contributed by atoms with Crippen molar-refractivity contribution in [2.75, 3.05) is 20.0 Å². The Morgan fingerprint density at radius 3 is 2.56 bits per heavy atom. The molecule has 3 nitrogen and oxygen atoms in total. The molecule has 4 heteroatoms. The third-order valence-corrected chi connectivity index (χ3v) is 3.01. The molecule has 0 aliphatic carbocycles. The van der Waals surface area contributed by atoms with Gasteiger partial charge in [-0.3, -0.25) is 4.79 Å². The number of benzene rings is 1. The molecule has 1 atom stereocenters. The monoisotopic (exact) mass is 239 g/mol. The standard InChI is InChI=1S/C12H17NO2S/c1-9(13-12(14)8-15-2)10-4-6-11(16-3)7-5-10/h4-7,9H,8H2,1-3H3,(H,13,14)/t9-/m1/s1. The van der Waals surface area contributed by atoms with E-state index in [0.29, 0.717) is 0 Å². The maximum atomic E-state index is 11.3. The zero-order valence-electron chi connectivity index (χ0n) is 9.82. The quantitative estimate of drug-likeness (QED) is 0.801. The summed E-state index contributed by atoms with van der Waals surface area (Å²) >= 11 is 1.70.